The highest BCUT2D eigenvalue weighted by Gasteiger charge is 2.28. The van der Waals surface area contributed by atoms with Gasteiger partial charge in [-0.05, 0) is 62.8 Å². The van der Waals surface area contributed by atoms with Gasteiger partial charge in [-0.3, -0.25) is 14.2 Å². The number of nitrogens with zero attached hydrogens (tertiary/aromatic N) is 7. The zero-order valence-electron chi connectivity index (χ0n) is 30.8. The van der Waals surface area contributed by atoms with E-state index in [4.69, 9.17) is 9.47 Å². The molecule has 0 aliphatic carbocycles. The summed E-state index contributed by atoms with van der Waals surface area (Å²) in [4.78, 5) is 2.38. The summed E-state index contributed by atoms with van der Waals surface area (Å²) in [5.41, 5.74) is 8.49. The number of aromatic nitrogens is 8. The molecule has 270 valence electrons. The smallest absolute Gasteiger partial charge is 0.167 e. The van der Waals surface area contributed by atoms with Crippen LogP contribution in [0.25, 0.3) is 10.0 Å². The summed E-state index contributed by atoms with van der Waals surface area (Å²) in [5, 5.41) is 26.2. The van der Waals surface area contributed by atoms with Crippen LogP contribution in [0.3, 0.4) is 0 Å². The monoisotopic (exact) mass is 742 g/mol. The van der Waals surface area contributed by atoms with Crippen LogP contribution >= 0.6 is 22.7 Å². The molecule has 12 heteroatoms. The molecule has 7 heterocycles. The molecule has 9 rings (SSSR count). The zero-order chi connectivity index (χ0) is 36.9. The van der Waals surface area contributed by atoms with Crippen molar-refractivity contribution in [1.82, 2.24) is 39.7 Å². The molecule has 1 N–H and O–H groups in total. The van der Waals surface area contributed by atoms with Gasteiger partial charge in [0.2, 0.25) is 0 Å². The van der Waals surface area contributed by atoms with Gasteiger partial charge >= 0.3 is 0 Å². The highest BCUT2D eigenvalue weighted by Crippen LogP contribution is 2.39. The van der Waals surface area contributed by atoms with E-state index in [-0.39, 0.29) is 6.10 Å². The highest BCUT2D eigenvalue weighted by atomic mass is 32.1. The number of fused-ring (bicyclic) bond motifs is 6. The number of ether oxygens (including phenoxy) is 2. The molecule has 0 radical (unpaired) electrons. The summed E-state index contributed by atoms with van der Waals surface area (Å²) in [7, 11) is 0. The summed E-state index contributed by atoms with van der Waals surface area (Å²) in [6, 6.07) is 21.1. The van der Waals surface area contributed by atoms with Crippen molar-refractivity contribution in [2.75, 3.05) is 0 Å². The van der Waals surface area contributed by atoms with E-state index in [1.165, 1.54) is 43.3 Å². The molecule has 0 amide bonds. The van der Waals surface area contributed by atoms with Gasteiger partial charge in [-0.1, -0.05) is 86.4 Å². The molecule has 7 aromatic rings. The van der Waals surface area contributed by atoms with Crippen molar-refractivity contribution in [2.24, 2.45) is 0 Å². The van der Waals surface area contributed by atoms with Crippen LogP contribution in [0.1, 0.15) is 98.9 Å². The van der Waals surface area contributed by atoms with Crippen LogP contribution in [-0.4, -0.2) is 39.7 Å². The van der Waals surface area contributed by atoms with Crippen LogP contribution in [0.2, 0.25) is 0 Å². The molecule has 2 aliphatic rings. The number of aryl methyl sites for hydroxylation is 3. The van der Waals surface area contributed by atoms with Crippen LogP contribution in [0.4, 0.5) is 0 Å². The Hall–Kier alpha value is -5.19. The second-order valence-electron chi connectivity index (χ2n) is 12.6. The van der Waals surface area contributed by atoms with E-state index in [2.05, 4.69) is 113 Å². The summed E-state index contributed by atoms with van der Waals surface area (Å²) in [6.45, 7) is 13.9. The Morgan fingerprint density at radius 2 is 1.40 bits per heavy atom. The predicted molar refractivity (Wildman–Crippen MR) is 209 cm³/mol. The van der Waals surface area contributed by atoms with Crippen LogP contribution in [0.5, 0.6) is 0 Å². The number of nitrogens with one attached hydrogen (secondary N) is 1. The number of aromatic amines is 1. The first-order chi connectivity index (χ1) is 25.9. The van der Waals surface area contributed by atoms with E-state index >= 15 is 0 Å². The topological polar surface area (TPSA) is 109 Å². The number of rotatable bonds is 4. The van der Waals surface area contributed by atoms with Crippen molar-refractivity contribution in [3.8, 4) is 21.8 Å². The van der Waals surface area contributed by atoms with Gasteiger partial charge in [-0.2, -0.15) is 5.10 Å². The molecule has 1 atom stereocenters. The summed E-state index contributed by atoms with van der Waals surface area (Å²) in [5.74, 6) is 10.1. The van der Waals surface area contributed by atoms with Crippen LogP contribution in [-0.2, 0) is 42.1 Å². The van der Waals surface area contributed by atoms with Crippen molar-refractivity contribution in [1.29, 1.82) is 0 Å². The lowest BCUT2D eigenvalue weighted by molar-refractivity contribution is 0.0493. The quantitative estimate of drug-likeness (QED) is 0.180. The molecule has 2 aliphatic heterocycles. The van der Waals surface area contributed by atoms with Crippen molar-refractivity contribution in [2.45, 2.75) is 80.3 Å². The second kappa shape index (κ2) is 16.2. The maximum Gasteiger partial charge on any atom is 0.167 e. The molecule has 53 heavy (non-hydrogen) atoms. The molecule has 0 saturated carbocycles. The Bertz CT molecular complexity index is 2360. The lowest BCUT2D eigenvalue weighted by atomic mass is 10.0. The number of hydrogen-bond donors (Lipinski definition) is 1. The minimum absolute atomic E-state index is 0.0410. The molecule has 0 fully saturated rings. The van der Waals surface area contributed by atoms with Gasteiger partial charge in [-0.25, -0.2) is 0 Å². The first-order valence-corrected chi connectivity index (χ1v) is 19.4. The molecule has 0 bridgehead atoms. The molecule has 0 spiro atoms. The van der Waals surface area contributed by atoms with Crippen molar-refractivity contribution in [3.05, 3.63) is 145 Å². The lowest BCUT2D eigenvalue weighted by Crippen LogP contribution is -2.04. The lowest BCUT2D eigenvalue weighted by Gasteiger charge is -2.09. The van der Waals surface area contributed by atoms with E-state index < -0.39 is 0 Å². The van der Waals surface area contributed by atoms with E-state index in [9.17, 15) is 0 Å². The molecule has 0 unspecified atom stereocenters. The SMILES string of the molecule is CC.Cc1nnc2n1-c1sc(C#Cc3cn[nH]c3)c(Cc3ccccc3)c1COC2.Cc1sc2c(c1Cc1ccccc1)CO[C@@H](C)c1nnc(C)n1-2. The van der Waals surface area contributed by atoms with Gasteiger partial charge in [0.1, 0.15) is 34.4 Å². The third-order valence-electron chi connectivity index (χ3n) is 9.13. The minimum Gasteiger partial charge on any atom is -0.369 e. The maximum absolute atomic E-state index is 6.04. The van der Waals surface area contributed by atoms with Gasteiger partial charge < -0.3 is 9.47 Å². The standard InChI is InChI=1S/C21H17N5OS.C18H19N3OS.C2H6/c1-14-24-25-20-13-27-12-18-17(9-15-5-3-2-4-6-15)19(28-21(18)26(14)20)8-7-16-10-22-23-11-16;1-11-17-20-19-13(3)21(17)18-16(10-22-11)15(12(2)23-18)9-14-7-5-4-6-8-14;1-2/h2-6,10-11H,9,12-13H2,1H3,(H,22,23);4-8,11H,9-10H2,1-3H3;1-2H3/t;11-;/m.0./s1. The Morgan fingerprint density at radius 1 is 0.755 bits per heavy atom. The minimum atomic E-state index is -0.0410. The van der Waals surface area contributed by atoms with Crippen molar-refractivity contribution in [3.63, 3.8) is 0 Å². The van der Waals surface area contributed by atoms with Gasteiger partial charge in [0.15, 0.2) is 11.6 Å². The molecule has 0 saturated heterocycles. The van der Waals surface area contributed by atoms with Crippen molar-refractivity contribution >= 4 is 22.7 Å². The van der Waals surface area contributed by atoms with E-state index in [1.807, 2.05) is 52.0 Å². The van der Waals surface area contributed by atoms with E-state index in [0.29, 0.717) is 19.8 Å². The fourth-order valence-corrected chi connectivity index (χ4v) is 8.98. The van der Waals surface area contributed by atoms with Gasteiger partial charge in [0, 0.05) is 22.2 Å². The number of benzene rings is 2. The van der Waals surface area contributed by atoms with Crippen molar-refractivity contribution < 1.29 is 9.47 Å². The molecule has 10 nitrogen and oxygen atoms in total. The maximum atomic E-state index is 6.04. The van der Waals surface area contributed by atoms with Crippen LogP contribution in [0, 0.1) is 32.6 Å². The third kappa shape index (κ3) is 7.52. The Balaban J connectivity index is 0.000000160. The normalized spacial score (nSPS) is 14.0. The largest absolute Gasteiger partial charge is 0.369 e. The number of thiophene rings is 2. The van der Waals surface area contributed by atoms with Gasteiger partial charge in [-0.15, -0.1) is 43.1 Å². The number of H-pyrrole nitrogens is 1. The van der Waals surface area contributed by atoms with Gasteiger partial charge in [0.25, 0.3) is 0 Å². The molecular weight excluding hydrogens is 701 g/mol. The average molecular weight is 743 g/mol. The van der Waals surface area contributed by atoms with E-state index in [1.54, 1.807) is 23.7 Å². The van der Waals surface area contributed by atoms with Gasteiger partial charge in [0.05, 0.1) is 29.9 Å². The molecule has 2 aromatic carbocycles. The fourth-order valence-electron chi connectivity index (χ4n) is 6.51. The highest BCUT2D eigenvalue weighted by molar-refractivity contribution is 7.15. The fraction of sp³-hybridized carbons (Fsp3) is 0.293. The van der Waals surface area contributed by atoms with Crippen LogP contribution < -0.4 is 0 Å². The third-order valence-corrected chi connectivity index (χ3v) is 11.5. The number of hydrogen-bond acceptors (Lipinski definition) is 9. The first-order valence-electron chi connectivity index (χ1n) is 17.8. The molecule has 5 aromatic heterocycles. The second-order valence-corrected chi connectivity index (χ2v) is 14.8. The molecular formula is C41H42N8O2S2. The Morgan fingerprint density at radius 3 is 2.09 bits per heavy atom. The average Bonchev–Trinajstić information content (AvgIpc) is 4.00. The Kier molecular flexibility index (Phi) is 11.1. The van der Waals surface area contributed by atoms with E-state index in [0.717, 1.165) is 51.6 Å². The first kappa shape index (κ1) is 36.2. The summed E-state index contributed by atoms with van der Waals surface area (Å²) >= 11 is 3.49. The summed E-state index contributed by atoms with van der Waals surface area (Å²) < 4.78 is 16.2. The summed E-state index contributed by atoms with van der Waals surface area (Å²) in [6.07, 6.45) is 5.23. The van der Waals surface area contributed by atoms with Crippen LogP contribution in [0.15, 0.2) is 73.1 Å². The Labute approximate surface area is 317 Å². The zero-order valence-corrected chi connectivity index (χ0v) is 32.4. The predicted octanol–water partition coefficient (Wildman–Crippen LogP) is 8.53.